The van der Waals surface area contributed by atoms with Crippen molar-refractivity contribution in [2.75, 3.05) is 7.11 Å². The molecule has 0 aliphatic carbocycles. The number of thiophene rings is 1. The van der Waals surface area contributed by atoms with Crippen molar-refractivity contribution >= 4 is 44.6 Å². The smallest absolute Gasteiger partial charge is 0.306 e. The number of benzene rings is 3. The first-order valence-corrected chi connectivity index (χ1v) is 11.3. The number of aliphatic carboxylic acids is 1. The van der Waals surface area contributed by atoms with Gasteiger partial charge in [-0.25, -0.2) is 4.99 Å². The topological polar surface area (TPSA) is 76.0 Å². The Labute approximate surface area is 196 Å². The summed E-state index contributed by atoms with van der Waals surface area (Å²) in [6.45, 7) is 1.54. The van der Waals surface area contributed by atoms with Crippen molar-refractivity contribution in [3.8, 4) is 5.75 Å². The lowest BCUT2D eigenvalue weighted by Crippen LogP contribution is -2.13. The Morgan fingerprint density at radius 2 is 1.58 bits per heavy atom. The van der Waals surface area contributed by atoms with E-state index in [4.69, 9.17) is 14.8 Å². The van der Waals surface area contributed by atoms with Crippen LogP contribution in [-0.2, 0) is 4.79 Å². The molecule has 0 fully saturated rings. The molecule has 0 saturated carbocycles. The van der Waals surface area contributed by atoms with Crippen LogP contribution in [0.4, 0.5) is 5.69 Å². The van der Waals surface area contributed by atoms with Gasteiger partial charge in [0, 0.05) is 28.3 Å². The maximum atomic E-state index is 12.6. The third-order valence-electron chi connectivity index (χ3n) is 5.33. The molecule has 0 aliphatic rings. The molecule has 5 nitrogen and oxygen atoms in total. The van der Waals surface area contributed by atoms with Gasteiger partial charge in [-0.15, -0.1) is 11.3 Å². The van der Waals surface area contributed by atoms with Crippen molar-refractivity contribution in [1.82, 2.24) is 0 Å². The van der Waals surface area contributed by atoms with E-state index in [0.29, 0.717) is 16.3 Å². The SMILES string of the molecule is COc1cc2sc(C(=O)C[C@H](C)C(=O)O)cc2cc1N=C(c1ccccc1)c1ccccc1. The molecule has 0 amide bonds. The van der Waals surface area contributed by atoms with E-state index >= 15 is 0 Å². The van der Waals surface area contributed by atoms with Crippen LogP contribution in [-0.4, -0.2) is 29.7 Å². The number of aliphatic imine (C=N–C) groups is 1. The van der Waals surface area contributed by atoms with Gasteiger partial charge in [0.2, 0.25) is 0 Å². The minimum atomic E-state index is -0.975. The molecule has 0 aliphatic heterocycles. The molecule has 4 rings (SSSR count). The number of ether oxygens (including phenoxy) is 1. The average molecular weight is 458 g/mol. The fourth-order valence-corrected chi connectivity index (χ4v) is 4.54. The minimum absolute atomic E-state index is 0.0313. The Morgan fingerprint density at radius 3 is 2.12 bits per heavy atom. The second-order valence-electron chi connectivity index (χ2n) is 7.73. The Bertz CT molecular complexity index is 1290. The fraction of sp³-hybridized carbons (Fsp3) is 0.148. The highest BCUT2D eigenvalue weighted by Crippen LogP contribution is 2.38. The Morgan fingerprint density at radius 1 is 0.970 bits per heavy atom. The summed E-state index contributed by atoms with van der Waals surface area (Å²) in [5.41, 5.74) is 3.43. The number of carboxylic acids is 1. The van der Waals surface area contributed by atoms with Crippen LogP contribution in [0.2, 0.25) is 0 Å². The number of carbonyl (C=O) groups excluding carboxylic acids is 1. The molecule has 0 radical (unpaired) electrons. The molecule has 0 spiro atoms. The van der Waals surface area contributed by atoms with Crippen LogP contribution in [0.25, 0.3) is 10.1 Å². The van der Waals surface area contributed by atoms with Gasteiger partial charge in [0.1, 0.15) is 11.4 Å². The molecule has 0 bridgehead atoms. The highest BCUT2D eigenvalue weighted by molar-refractivity contribution is 7.20. The third-order valence-corrected chi connectivity index (χ3v) is 6.47. The highest BCUT2D eigenvalue weighted by Gasteiger charge is 2.20. The molecule has 4 aromatic rings. The maximum absolute atomic E-state index is 12.6. The number of nitrogens with zero attached hydrogens (tertiary/aromatic N) is 1. The number of rotatable bonds is 8. The van der Waals surface area contributed by atoms with Crippen LogP contribution in [0, 0.1) is 5.92 Å². The van der Waals surface area contributed by atoms with Crippen LogP contribution >= 0.6 is 11.3 Å². The zero-order chi connectivity index (χ0) is 23.4. The molecule has 1 N–H and O–H groups in total. The summed E-state index contributed by atoms with van der Waals surface area (Å²) in [5, 5.41) is 9.98. The standard InChI is InChI=1S/C27H23NO4S/c1-17(27(30)31)13-22(29)25-15-20-14-21(23(32-2)16-24(20)33-25)28-26(18-9-5-3-6-10-18)19-11-7-4-8-12-19/h3-12,14-17H,13H2,1-2H3,(H,30,31)/t17-/m0/s1. The van der Waals surface area contributed by atoms with Gasteiger partial charge in [-0.05, 0) is 17.5 Å². The van der Waals surface area contributed by atoms with E-state index in [1.54, 1.807) is 13.2 Å². The van der Waals surface area contributed by atoms with Crippen LogP contribution in [0.3, 0.4) is 0 Å². The summed E-state index contributed by atoms with van der Waals surface area (Å²) >= 11 is 1.34. The van der Waals surface area contributed by atoms with E-state index in [-0.39, 0.29) is 12.2 Å². The Hall–Kier alpha value is -3.77. The normalized spacial score (nSPS) is 11.7. The molecule has 1 heterocycles. The molecule has 3 aromatic carbocycles. The van der Waals surface area contributed by atoms with Gasteiger partial charge in [-0.3, -0.25) is 9.59 Å². The summed E-state index contributed by atoms with van der Waals surface area (Å²) in [4.78, 5) is 29.2. The lowest BCUT2D eigenvalue weighted by atomic mass is 10.0. The first-order chi connectivity index (χ1) is 16.0. The highest BCUT2D eigenvalue weighted by atomic mass is 32.1. The fourth-order valence-electron chi connectivity index (χ4n) is 3.52. The second kappa shape index (κ2) is 9.79. The Balaban J connectivity index is 1.79. The summed E-state index contributed by atoms with van der Waals surface area (Å²) in [7, 11) is 1.60. The van der Waals surface area contributed by atoms with Gasteiger partial charge in [-0.2, -0.15) is 0 Å². The number of hydrogen-bond donors (Lipinski definition) is 1. The van der Waals surface area contributed by atoms with Gasteiger partial charge >= 0.3 is 5.97 Å². The zero-order valence-corrected chi connectivity index (χ0v) is 19.1. The molecule has 0 saturated heterocycles. The lowest BCUT2D eigenvalue weighted by molar-refractivity contribution is -0.141. The predicted molar refractivity (Wildman–Crippen MR) is 132 cm³/mol. The number of hydrogen-bond acceptors (Lipinski definition) is 5. The van der Waals surface area contributed by atoms with E-state index in [1.165, 1.54) is 18.3 Å². The lowest BCUT2D eigenvalue weighted by Gasteiger charge is -2.10. The van der Waals surface area contributed by atoms with Crippen molar-refractivity contribution in [2.24, 2.45) is 10.9 Å². The summed E-state index contributed by atoms with van der Waals surface area (Å²) < 4.78 is 6.52. The van der Waals surface area contributed by atoms with Gasteiger partial charge in [0.05, 0.1) is 23.6 Å². The Kier molecular flexibility index (Phi) is 6.66. The van der Waals surface area contributed by atoms with Gasteiger partial charge in [0.25, 0.3) is 0 Å². The second-order valence-corrected chi connectivity index (χ2v) is 8.82. The number of carbonyl (C=O) groups is 2. The molecular weight excluding hydrogens is 434 g/mol. The van der Waals surface area contributed by atoms with Crippen LogP contribution in [0.15, 0.2) is 83.9 Å². The van der Waals surface area contributed by atoms with E-state index in [9.17, 15) is 9.59 Å². The van der Waals surface area contributed by atoms with Crippen LogP contribution in [0.1, 0.15) is 34.1 Å². The minimum Gasteiger partial charge on any atom is -0.494 e. The van der Waals surface area contributed by atoms with E-state index in [2.05, 4.69) is 0 Å². The first kappa shape index (κ1) is 22.4. The average Bonchev–Trinajstić information content (AvgIpc) is 3.26. The number of ketones is 1. The van der Waals surface area contributed by atoms with Crippen molar-refractivity contribution in [3.63, 3.8) is 0 Å². The first-order valence-electron chi connectivity index (χ1n) is 10.5. The summed E-state index contributed by atoms with van der Waals surface area (Å²) in [6, 6.07) is 25.5. The molecule has 6 heteroatoms. The zero-order valence-electron chi connectivity index (χ0n) is 18.3. The number of methoxy groups -OCH3 is 1. The molecular formula is C27H23NO4S. The predicted octanol–water partition coefficient (Wildman–Crippen LogP) is 6.37. The van der Waals surface area contributed by atoms with Crippen molar-refractivity contribution < 1.29 is 19.4 Å². The van der Waals surface area contributed by atoms with Crippen molar-refractivity contribution in [1.29, 1.82) is 0 Å². The van der Waals surface area contributed by atoms with Crippen LogP contribution < -0.4 is 4.74 Å². The number of fused-ring (bicyclic) bond motifs is 1. The maximum Gasteiger partial charge on any atom is 0.306 e. The quantitative estimate of drug-likeness (QED) is 0.246. The molecule has 166 valence electrons. The third kappa shape index (κ3) is 5.02. The summed E-state index contributed by atoms with van der Waals surface area (Å²) in [6.07, 6.45) is -0.0313. The number of carboxylic acid groups (broad SMARTS) is 1. The number of Topliss-reactive ketones (excluding diaryl/α,β-unsaturated/α-hetero) is 1. The van der Waals surface area contributed by atoms with Gasteiger partial charge < -0.3 is 9.84 Å². The van der Waals surface area contributed by atoms with Crippen LogP contribution in [0.5, 0.6) is 5.75 Å². The molecule has 33 heavy (non-hydrogen) atoms. The largest absolute Gasteiger partial charge is 0.494 e. The molecule has 1 aromatic heterocycles. The van der Waals surface area contributed by atoms with Crippen molar-refractivity contribution in [3.05, 3.63) is 94.9 Å². The molecule has 0 unspecified atom stereocenters. The monoisotopic (exact) mass is 457 g/mol. The van der Waals surface area contributed by atoms with Crippen molar-refractivity contribution in [2.45, 2.75) is 13.3 Å². The molecule has 1 atom stereocenters. The van der Waals surface area contributed by atoms with E-state index < -0.39 is 11.9 Å². The van der Waals surface area contributed by atoms with Gasteiger partial charge in [-0.1, -0.05) is 67.6 Å². The van der Waals surface area contributed by atoms with E-state index in [1.807, 2.05) is 72.8 Å². The summed E-state index contributed by atoms with van der Waals surface area (Å²) in [5.74, 6) is -1.27. The van der Waals surface area contributed by atoms with E-state index in [0.717, 1.165) is 26.9 Å². The van der Waals surface area contributed by atoms with Gasteiger partial charge in [0.15, 0.2) is 5.78 Å².